The number of esters is 1. The third-order valence-electron chi connectivity index (χ3n) is 10.6. The van der Waals surface area contributed by atoms with Crippen LogP contribution in [0.25, 0.3) is 32.8 Å². The molecule has 2 atom stereocenters. The fraction of sp³-hybridized carbons (Fsp3) is 0.489. The van der Waals surface area contributed by atoms with Crippen LogP contribution in [0, 0.1) is 19.7 Å². The van der Waals surface area contributed by atoms with E-state index in [2.05, 4.69) is 21.8 Å². The Morgan fingerprint density at radius 1 is 0.947 bits per heavy atom. The Hall–Kier alpha value is -4.61. The zero-order valence-electron chi connectivity index (χ0n) is 35.0. The first-order valence-electron chi connectivity index (χ1n) is 19.9. The molecular formula is C45H57ClFN5O5. The van der Waals surface area contributed by atoms with Gasteiger partial charge in [-0.3, -0.25) is 4.68 Å². The first-order valence-corrected chi connectivity index (χ1v) is 20.3. The number of benzene rings is 3. The highest BCUT2D eigenvalue weighted by molar-refractivity contribution is 6.35. The molecule has 1 aliphatic rings. The van der Waals surface area contributed by atoms with Crippen LogP contribution in [0.5, 0.6) is 5.75 Å². The minimum absolute atomic E-state index is 0.0309. The van der Waals surface area contributed by atoms with Gasteiger partial charge in [0.25, 0.3) is 0 Å². The molecule has 0 spiro atoms. The summed E-state index contributed by atoms with van der Waals surface area (Å²) in [6.45, 7) is 16.8. The van der Waals surface area contributed by atoms with Crippen LogP contribution in [0.3, 0.4) is 0 Å². The van der Waals surface area contributed by atoms with Crippen LogP contribution in [-0.4, -0.2) is 74.8 Å². The number of likely N-dealkylation sites (N-methyl/N-ethyl adjacent to an activating group) is 1. The third-order valence-corrected chi connectivity index (χ3v) is 11.0. The molecule has 0 saturated carbocycles. The Morgan fingerprint density at radius 3 is 2.33 bits per heavy atom. The van der Waals surface area contributed by atoms with Crippen molar-refractivity contribution >= 4 is 45.3 Å². The van der Waals surface area contributed by atoms with Gasteiger partial charge in [-0.1, -0.05) is 29.8 Å². The first-order chi connectivity index (χ1) is 26.8. The molecule has 1 saturated heterocycles. The Kier molecular flexibility index (Phi) is 12.3. The number of halogens is 2. The number of aromatic nitrogens is 3. The van der Waals surface area contributed by atoms with Crippen molar-refractivity contribution in [1.82, 2.24) is 24.6 Å². The summed E-state index contributed by atoms with van der Waals surface area (Å²) in [6, 6.07) is 14.4. The third kappa shape index (κ3) is 9.58. The van der Waals surface area contributed by atoms with Gasteiger partial charge in [-0.05, 0) is 136 Å². The standard InChI is InChI=1S/C45H57ClFN5O5/c1-27-38(28(2)51(10)49-27)39-36(46)21-20-35-34(14-12-24-55-37-15-11-13-29-25-30(47)16-19-33(29)37)41(42(53)56-44(3,4)5)52(40(35)39)23-22-32-18-17-31(26-50(32)9)48-43(54)57-45(6,7)8/h11,13,15-16,19-21,25,31-32H,12,14,17-18,22-24,26H2,1-10H3,(H,48,54). The number of alkyl carbamates (subject to hydrolysis) is 1. The Labute approximate surface area is 340 Å². The summed E-state index contributed by atoms with van der Waals surface area (Å²) < 4.78 is 36.0. The van der Waals surface area contributed by atoms with E-state index in [-0.39, 0.29) is 17.9 Å². The summed E-state index contributed by atoms with van der Waals surface area (Å²) >= 11 is 7.17. The van der Waals surface area contributed by atoms with Crippen molar-refractivity contribution in [3.05, 3.63) is 82.0 Å². The largest absolute Gasteiger partial charge is 0.493 e. The van der Waals surface area contributed by atoms with Crippen molar-refractivity contribution in [1.29, 1.82) is 0 Å². The fourth-order valence-corrected chi connectivity index (χ4v) is 8.37. The van der Waals surface area contributed by atoms with E-state index in [1.807, 2.05) is 97.5 Å². The molecule has 12 heteroatoms. The lowest BCUT2D eigenvalue weighted by Gasteiger charge is -2.38. The van der Waals surface area contributed by atoms with Gasteiger partial charge >= 0.3 is 12.1 Å². The predicted molar refractivity (Wildman–Crippen MR) is 225 cm³/mol. The van der Waals surface area contributed by atoms with E-state index in [1.165, 1.54) is 12.1 Å². The summed E-state index contributed by atoms with van der Waals surface area (Å²) in [5.41, 5.74) is 4.54. The molecule has 0 aliphatic carbocycles. The highest BCUT2D eigenvalue weighted by Crippen LogP contribution is 2.43. The highest BCUT2D eigenvalue weighted by atomic mass is 35.5. The van der Waals surface area contributed by atoms with Crippen LogP contribution in [-0.2, 0) is 29.5 Å². The number of piperidine rings is 1. The number of nitrogens with zero attached hydrogens (tertiary/aromatic N) is 4. The monoisotopic (exact) mass is 801 g/mol. The van der Waals surface area contributed by atoms with Crippen molar-refractivity contribution in [3.8, 4) is 16.9 Å². The zero-order chi connectivity index (χ0) is 41.4. The maximum absolute atomic E-state index is 14.5. The average Bonchev–Trinajstić information content (AvgIpc) is 3.55. The first kappa shape index (κ1) is 42.0. The maximum atomic E-state index is 14.5. The summed E-state index contributed by atoms with van der Waals surface area (Å²) in [5.74, 6) is -0.0126. The normalized spacial score (nSPS) is 16.6. The van der Waals surface area contributed by atoms with E-state index < -0.39 is 23.3 Å². The molecule has 3 heterocycles. The van der Waals surface area contributed by atoms with Gasteiger partial charge in [0.15, 0.2) is 0 Å². The van der Waals surface area contributed by atoms with Crippen molar-refractivity contribution in [2.75, 3.05) is 20.2 Å². The number of rotatable bonds is 11. The molecule has 306 valence electrons. The van der Waals surface area contributed by atoms with E-state index in [1.54, 1.807) is 6.07 Å². The Bertz CT molecular complexity index is 2280. The van der Waals surface area contributed by atoms with Crippen LogP contribution in [0.4, 0.5) is 9.18 Å². The molecule has 5 aromatic rings. The summed E-state index contributed by atoms with van der Waals surface area (Å²) in [5, 5.41) is 10.9. The Morgan fingerprint density at radius 2 is 1.67 bits per heavy atom. The summed E-state index contributed by atoms with van der Waals surface area (Å²) in [6.07, 6.45) is 3.14. The summed E-state index contributed by atoms with van der Waals surface area (Å²) in [7, 11) is 4.01. The van der Waals surface area contributed by atoms with E-state index in [9.17, 15) is 14.0 Å². The molecule has 0 bridgehead atoms. The molecule has 1 fully saturated rings. The van der Waals surface area contributed by atoms with Gasteiger partial charge < -0.3 is 29.0 Å². The van der Waals surface area contributed by atoms with Crippen LogP contribution in [0.1, 0.15) is 94.7 Å². The van der Waals surface area contributed by atoms with Crippen LogP contribution >= 0.6 is 11.6 Å². The van der Waals surface area contributed by atoms with Gasteiger partial charge in [-0.2, -0.15) is 5.10 Å². The maximum Gasteiger partial charge on any atom is 0.407 e. The van der Waals surface area contributed by atoms with Gasteiger partial charge in [0, 0.05) is 59.8 Å². The van der Waals surface area contributed by atoms with Gasteiger partial charge in [0.05, 0.1) is 22.8 Å². The van der Waals surface area contributed by atoms with E-state index in [0.717, 1.165) is 69.0 Å². The molecule has 1 aliphatic heterocycles. The lowest BCUT2D eigenvalue weighted by molar-refractivity contribution is 0.00559. The van der Waals surface area contributed by atoms with Crippen LogP contribution in [0.2, 0.25) is 5.02 Å². The van der Waals surface area contributed by atoms with E-state index in [4.69, 9.17) is 30.9 Å². The van der Waals surface area contributed by atoms with Crippen molar-refractivity contribution in [2.24, 2.45) is 7.05 Å². The molecule has 10 nitrogen and oxygen atoms in total. The SMILES string of the molecule is Cc1nn(C)c(C)c1-c1c(Cl)ccc2c(CCCOc3cccc4cc(F)ccc34)c(C(=O)OC(C)(C)C)n(CCC3CCC(NC(=O)OC(C)(C)C)CN3C)c12. The second-order valence-electron chi connectivity index (χ2n) is 17.3. The zero-order valence-corrected chi connectivity index (χ0v) is 35.8. The molecule has 0 radical (unpaired) electrons. The number of ether oxygens (including phenoxy) is 3. The van der Waals surface area contributed by atoms with Crippen LogP contribution in [0.15, 0.2) is 48.5 Å². The van der Waals surface area contributed by atoms with E-state index in [0.29, 0.717) is 49.0 Å². The minimum Gasteiger partial charge on any atom is -0.493 e. The highest BCUT2D eigenvalue weighted by Gasteiger charge is 2.33. The number of nitrogens with one attached hydrogen (secondary N) is 1. The average molecular weight is 802 g/mol. The smallest absolute Gasteiger partial charge is 0.407 e. The fourth-order valence-electron chi connectivity index (χ4n) is 8.12. The number of hydrogen-bond acceptors (Lipinski definition) is 7. The number of carbonyl (C=O) groups is 2. The second kappa shape index (κ2) is 16.7. The van der Waals surface area contributed by atoms with Gasteiger partial charge in [-0.25, -0.2) is 14.0 Å². The van der Waals surface area contributed by atoms with Crippen molar-refractivity contribution in [2.45, 2.75) is 117 Å². The second-order valence-corrected chi connectivity index (χ2v) is 17.8. The molecule has 2 aromatic heterocycles. The number of amides is 1. The Balaban J connectivity index is 1.37. The summed E-state index contributed by atoms with van der Waals surface area (Å²) in [4.78, 5) is 29.4. The van der Waals surface area contributed by atoms with Crippen molar-refractivity contribution in [3.63, 3.8) is 0 Å². The van der Waals surface area contributed by atoms with Gasteiger partial charge in [-0.15, -0.1) is 0 Å². The quantitative estimate of drug-likeness (QED) is 0.105. The van der Waals surface area contributed by atoms with Gasteiger partial charge in [0.1, 0.15) is 28.5 Å². The number of fused-ring (bicyclic) bond motifs is 2. The number of hydrogen-bond donors (Lipinski definition) is 1. The van der Waals surface area contributed by atoms with Gasteiger partial charge in [0.2, 0.25) is 0 Å². The minimum atomic E-state index is -0.733. The number of carbonyl (C=O) groups excluding carboxylic acids is 2. The molecule has 57 heavy (non-hydrogen) atoms. The van der Waals surface area contributed by atoms with E-state index >= 15 is 0 Å². The molecule has 1 amide bonds. The number of likely N-dealkylation sites (tertiary alicyclic amines) is 1. The molecule has 1 N–H and O–H groups in total. The lowest BCUT2D eigenvalue weighted by atomic mass is 9.96. The molecule has 6 rings (SSSR count). The topological polar surface area (TPSA) is 99.8 Å². The molecule has 2 unspecified atom stereocenters. The molecule has 3 aromatic carbocycles. The van der Waals surface area contributed by atoms with Crippen molar-refractivity contribution < 1.29 is 28.2 Å². The van der Waals surface area contributed by atoms with Crippen LogP contribution < -0.4 is 10.1 Å². The number of aryl methyl sites for hydroxylation is 4. The lowest BCUT2D eigenvalue weighted by Crippen LogP contribution is -2.51. The predicted octanol–water partition coefficient (Wildman–Crippen LogP) is 9.95. The molecular weight excluding hydrogens is 745 g/mol.